The molecule has 0 atom stereocenters. The van der Waals surface area contributed by atoms with Gasteiger partial charge in [0.15, 0.2) is 5.13 Å². The normalized spacial score (nSPS) is 18.1. The van der Waals surface area contributed by atoms with Crippen LogP contribution in [-0.2, 0) is 0 Å². The second kappa shape index (κ2) is 10.3. The van der Waals surface area contributed by atoms with Crippen molar-refractivity contribution in [3.63, 3.8) is 0 Å². The van der Waals surface area contributed by atoms with Crippen LogP contribution < -0.4 is 15.4 Å². The van der Waals surface area contributed by atoms with Crippen LogP contribution >= 0.6 is 11.3 Å². The van der Waals surface area contributed by atoms with E-state index >= 15 is 0 Å². The van der Waals surface area contributed by atoms with Gasteiger partial charge in [-0.15, -0.1) is 0 Å². The van der Waals surface area contributed by atoms with Crippen molar-refractivity contribution in [1.82, 2.24) is 19.9 Å². The Morgan fingerprint density at radius 1 is 1.03 bits per heavy atom. The average Bonchev–Trinajstić information content (AvgIpc) is 3.26. The number of nitrogens with one attached hydrogen (secondary N) is 2. The van der Waals surface area contributed by atoms with Crippen LogP contribution in [0, 0.1) is 0 Å². The predicted molar refractivity (Wildman–Crippen MR) is 133 cm³/mol. The standard InChI is InChI=1S/C24H26N6O3S/c31-9-10-33-19-11-16(13-25-14-19)15-1-6-20-21(12-15)34-24(28-20)30-22-7-8-26-23(29-22)27-17-2-4-18(32)5-3-17/h1,6-8,11-14,17-18,31-32H,2-5,9-10H2,(H2,26,27,28,29,30)/t17-,18-. The Bertz CT molecular complexity index is 1260. The summed E-state index contributed by atoms with van der Waals surface area (Å²) in [6, 6.07) is 10.1. The molecule has 3 aromatic heterocycles. The highest BCUT2D eigenvalue weighted by atomic mass is 32.1. The minimum absolute atomic E-state index is 0.0402. The molecule has 34 heavy (non-hydrogen) atoms. The van der Waals surface area contributed by atoms with E-state index in [0.29, 0.717) is 17.5 Å². The number of rotatable bonds is 8. The van der Waals surface area contributed by atoms with Crippen LogP contribution in [0.3, 0.4) is 0 Å². The van der Waals surface area contributed by atoms with E-state index in [1.165, 1.54) is 0 Å². The summed E-state index contributed by atoms with van der Waals surface area (Å²) in [6.45, 7) is 0.194. The van der Waals surface area contributed by atoms with Crippen molar-refractivity contribution < 1.29 is 14.9 Å². The van der Waals surface area contributed by atoms with Gasteiger partial charge in [0.05, 0.1) is 29.1 Å². The highest BCUT2D eigenvalue weighted by Crippen LogP contribution is 2.32. The Morgan fingerprint density at radius 3 is 2.76 bits per heavy atom. The third-order valence-electron chi connectivity index (χ3n) is 5.72. The number of benzene rings is 1. The zero-order valence-electron chi connectivity index (χ0n) is 18.5. The number of thiazole rings is 1. The minimum Gasteiger partial charge on any atom is -0.490 e. The van der Waals surface area contributed by atoms with E-state index in [1.807, 2.05) is 24.3 Å². The van der Waals surface area contributed by atoms with Gasteiger partial charge in [-0.1, -0.05) is 17.4 Å². The maximum absolute atomic E-state index is 9.69. The lowest BCUT2D eigenvalue weighted by molar-refractivity contribution is 0.126. The van der Waals surface area contributed by atoms with Crippen LogP contribution in [0.5, 0.6) is 5.75 Å². The fraction of sp³-hybridized carbons (Fsp3) is 0.333. The van der Waals surface area contributed by atoms with Gasteiger partial charge in [-0.25, -0.2) is 9.97 Å². The second-order valence-electron chi connectivity index (χ2n) is 8.22. The second-order valence-corrected chi connectivity index (χ2v) is 9.25. The van der Waals surface area contributed by atoms with E-state index in [0.717, 1.165) is 52.2 Å². The predicted octanol–water partition coefficient (Wildman–Crippen LogP) is 3.98. The number of aliphatic hydroxyl groups excluding tert-OH is 2. The largest absolute Gasteiger partial charge is 0.490 e. The molecule has 1 fully saturated rings. The molecule has 10 heteroatoms. The lowest BCUT2D eigenvalue weighted by Gasteiger charge is -2.26. The van der Waals surface area contributed by atoms with Crippen LogP contribution in [0.1, 0.15) is 25.7 Å². The maximum atomic E-state index is 9.69. The van der Waals surface area contributed by atoms with Crippen molar-refractivity contribution in [3.05, 3.63) is 48.9 Å². The molecule has 9 nitrogen and oxygen atoms in total. The zero-order valence-corrected chi connectivity index (χ0v) is 19.3. The van der Waals surface area contributed by atoms with Gasteiger partial charge in [-0.3, -0.25) is 4.98 Å². The Balaban J connectivity index is 1.30. The Labute approximate surface area is 200 Å². The van der Waals surface area contributed by atoms with Crippen molar-refractivity contribution in [2.24, 2.45) is 0 Å². The molecule has 1 aliphatic carbocycles. The third kappa shape index (κ3) is 5.41. The van der Waals surface area contributed by atoms with Gasteiger partial charge < -0.3 is 25.6 Å². The Morgan fingerprint density at radius 2 is 1.91 bits per heavy atom. The maximum Gasteiger partial charge on any atom is 0.224 e. The van der Waals surface area contributed by atoms with Crippen LogP contribution in [0.25, 0.3) is 21.3 Å². The summed E-state index contributed by atoms with van der Waals surface area (Å²) in [6.07, 6.45) is 8.39. The number of pyridine rings is 1. The molecular formula is C24H26N6O3S. The number of anilines is 3. The van der Waals surface area contributed by atoms with Gasteiger partial charge in [-0.2, -0.15) is 4.98 Å². The van der Waals surface area contributed by atoms with E-state index in [4.69, 9.17) is 9.84 Å². The lowest BCUT2D eigenvalue weighted by atomic mass is 9.93. The molecule has 0 bridgehead atoms. The summed E-state index contributed by atoms with van der Waals surface area (Å²) in [5.41, 5.74) is 2.84. The van der Waals surface area contributed by atoms with Crippen molar-refractivity contribution in [2.45, 2.75) is 37.8 Å². The van der Waals surface area contributed by atoms with E-state index < -0.39 is 0 Å². The summed E-state index contributed by atoms with van der Waals surface area (Å²) < 4.78 is 6.51. The number of aromatic nitrogens is 4. The molecule has 4 aromatic rings. The van der Waals surface area contributed by atoms with Crippen LogP contribution in [0.4, 0.5) is 16.9 Å². The summed E-state index contributed by atoms with van der Waals surface area (Å²) in [4.78, 5) is 17.8. The number of ether oxygens (including phenoxy) is 1. The molecule has 1 aromatic carbocycles. The lowest BCUT2D eigenvalue weighted by Crippen LogP contribution is -2.28. The van der Waals surface area contributed by atoms with Crippen LogP contribution in [0.15, 0.2) is 48.9 Å². The first kappa shape index (κ1) is 22.5. The van der Waals surface area contributed by atoms with Crippen molar-refractivity contribution >= 4 is 38.5 Å². The molecule has 4 N–H and O–H groups in total. The molecule has 0 unspecified atom stereocenters. The van der Waals surface area contributed by atoms with Gasteiger partial charge in [0.2, 0.25) is 5.95 Å². The van der Waals surface area contributed by atoms with E-state index in [2.05, 4.69) is 36.6 Å². The number of hydrogen-bond acceptors (Lipinski definition) is 10. The van der Waals surface area contributed by atoms with E-state index in [9.17, 15) is 5.11 Å². The molecule has 1 aliphatic rings. The summed E-state index contributed by atoms with van der Waals surface area (Å²) in [5.74, 6) is 1.87. The number of aliphatic hydroxyl groups is 2. The van der Waals surface area contributed by atoms with Crippen molar-refractivity contribution in [1.29, 1.82) is 0 Å². The van der Waals surface area contributed by atoms with Gasteiger partial charge in [0.1, 0.15) is 18.2 Å². The highest BCUT2D eigenvalue weighted by Gasteiger charge is 2.20. The van der Waals surface area contributed by atoms with Gasteiger partial charge in [-0.05, 0) is 55.5 Å². The molecule has 176 valence electrons. The SMILES string of the molecule is OCCOc1cncc(-c2ccc3nc(Nc4ccnc(N[C@H]5CC[C@H](O)CC5)n4)sc3c2)c1. The van der Waals surface area contributed by atoms with E-state index in [-0.39, 0.29) is 25.4 Å². The van der Waals surface area contributed by atoms with Crippen LogP contribution in [-0.4, -0.2) is 55.5 Å². The molecule has 3 heterocycles. The van der Waals surface area contributed by atoms with E-state index in [1.54, 1.807) is 29.9 Å². The molecule has 5 rings (SSSR count). The van der Waals surface area contributed by atoms with Crippen molar-refractivity contribution in [2.75, 3.05) is 23.8 Å². The highest BCUT2D eigenvalue weighted by molar-refractivity contribution is 7.22. The van der Waals surface area contributed by atoms with Gasteiger partial charge in [0, 0.05) is 24.0 Å². The topological polar surface area (TPSA) is 125 Å². The summed E-state index contributed by atoms with van der Waals surface area (Å²) >= 11 is 1.55. The fourth-order valence-electron chi connectivity index (χ4n) is 3.99. The molecule has 0 amide bonds. The Kier molecular flexibility index (Phi) is 6.79. The van der Waals surface area contributed by atoms with Crippen molar-refractivity contribution in [3.8, 4) is 16.9 Å². The monoisotopic (exact) mass is 478 g/mol. The fourth-order valence-corrected chi connectivity index (χ4v) is 4.90. The number of hydrogen-bond donors (Lipinski definition) is 4. The molecule has 0 spiro atoms. The summed E-state index contributed by atoms with van der Waals surface area (Å²) in [7, 11) is 0. The first-order valence-electron chi connectivity index (χ1n) is 11.3. The third-order valence-corrected chi connectivity index (χ3v) is 6.65. The zero-order chi connectivity index (χ0) is 23.3. The first-order chi connectivity index (χ1) is 16.7. The average molecular weight is 479 g/mol. The number of nitrogens with zero attached hydrogens (tertiary/aromatic N) is 4. The minimum atomic E-state index is -0.189. The molecule has 0 saturated heterocycles. The molecule has 1 saturated carbocycles. The smallest absolute Gasteiger partial charge is 0.224 e. The first-order valence-corrected chi connectivity index (χ1v) is 12.1. The number of fused-ring (bicyclic) bond motifs is 1. The van der Waals surface area contributed by atoms with Gasteiger partial charge in [0.25, 0.3) is 0 Å². The Hall–Kier alpha value is -3.34. The van der Waals surface area contributed by atoms with Gasteiger partial charge >= 0.3 is 0 Å². The quantitative estimate of drug-likeness (QED) is 0.297. The molecule has 0 aliphatic heterocycles. The van der Waals surface area contributed by atoms with Crippen LogP contribution in [0.2, 0.25) is 0 Å². The summed E-state index contributed by atoms with van der Waals surface area (Å²) in [5, 5.41) is 26.1. The molecule has 0 radical (unpaired) electrons. The molecular weight excluding hydrogens is 452 g/mol.